The number of rotatable bonds is 2. The van der Waals surface area contributed by atoms with Crippen LogP contribution < -0.4 is 10.5 Å². The van der Waals surface area contributed by atoms with Gasteiger partial charge in [0.05, 0.1) is 19.2 Å². The maximum atomic E-state index is 9.59. The number of guanidine groups is 1. The third-order valence-corrected chi connectivity index (χ3v) is 3.43. The molecule has 0 amide bonds. The van der Waals surface area contributed by atoms with Gasteiger partial charge in [0.25, 0.3) is 0 Å². The van der Waals surface area contributed by atoms with Crippen LogP contribution in [0.4, 0.5) is 0 Å². The lowest BCUT2D eigenvalue weighted by atomic mass is 9.91. The van der Waals surface area contributed by atoms with E-state index in [-0.39, 0.29) is 11.3 Å². The molecule has 0 aromatic heterocycles. The van der Waals surface area contributed by atoms with Crippen molar-refractivity contribution in [2.45, 2.75) is 12.5 Å². The smallest absolute Gasteiger partial charge is 0.191 e. The highest BCUT2D eigenvalue weighted by molar-refractivity contribution is 5.81. The average molecular weight is 235 g/mol. The fraction of sp³-hybridized carbons (Fsp3) is 0.417. The molecule has 5 heteroatoms. The summed E-state index contributed by atoms with van der Waals surface area (Å²) < 4.78 is 5.12. The van der Waals surface area contributed by atoms with Crippen LogP contribution in [0.3, 0.4) is 0 Å². The zero-order valence-electron chi connectivity index (χ0n) is 10.3. The van der Waals surface area contributed by atoms with E-state index in [2.05, 4.69) is 11.9 Å². The lowest BCUT2D eigenvalue weighted by molar-refractivity contribution is 0.265. The molecule has 5 nitrogen and oxygen atoms in total. The molecule has 1 atom stereocenters. The molecule has 1 aromatic rings. The van der Waals surface area contributed by atoms with Crippen LogP contribution >= 0.6 is 0 Å². The van der Waals surface area contributed by atoms with Gasteiger partial charge < -0.3 is 20.5 Å². The Morgan fingerprint density at radius 2 is 2.24 bits per heavy atom. The van der Waals surface area contributed by atoms with Crippen molar-refractivity contribution in [2.24, 2.45) is 10.7 Å². The van der Waals surface area contributed by atoms with Crippen LogP contribution in [0.2, 0.25) is 0 Å². The Hall–Kier alpha value is -1.91. The van der Waals surface area contributed by atoms with E-state index in [1.807, 2.05) is 24.1 Å². The Balaban J connectivity index is 2.41. The van der Waals surface area contributed by atoms with Gasteiger partial charge in [-0.25, -0.2) is 0 Å². The van der Waals surface area contributed by atoms with Crippen molar-refractivity contribution in [2.75, 3.05) is 20.7 Å². The molecule has 3 N–H and O–H groups in total. The van der Waals surface area contributed by atoms with Gasteiger partial charge in [0.1, 0.15) is 0 Å². The predicted molar refractivity (Wildman–Crippen MR) is 66.3 cm³/mol. The average Bonchev–Trinajstić information content (AvgIpc) is 2.59. The quantitative estimate of drug-likeness (QED) is 0.798. The zero-order chi connectivity index (χ0) is 12.6. The molecular weight excluding hydrogens is 218 g/mol. The van der Waals surface area contributed by atoms with E-state index < -0.39 is 0 Å². The van der Waals surface area contributed by atoms with Gasteiger partial charge in [-0.2, -0.15) is 0 Å². The molecule has 17 heavy (non-hydrogen) atoms. The standard InChI is InChI=1S/C12H17N3O2/c1-12(7-14-11(13)15(12)2)8-4-5-9(16)10(6-8)17-3/h4-6,16H,7H2,1-3H3,(H2,13,14). The first-order valence-corrected chi connectivity index (χ1v) is 5.40. The van der Waals surface area contributed by atoms with Gasteiger partial charge in [0, 0.05) is 7.05 Å². The van der Waals surface area contributed by atoms with E-state index in [0.717, 1.165) is 5.56 Å². The molecule has 0 radical (unpaired) electrons. The second-order valence-electron chi connectivity index (χ2n) is 4.39. The van der Waals surface area contributed by atoms with Gasteiger partial charge in [-0.15, -0.1) is 0 Å². The van der Waals surface area contributed by atoms with Crippen LogP contribution in [-0.4, -0.2) is 36.7 Å². The van der Waals surface area contributed by atoms with Crippen molar-refractivity contribution in [1.82, 2.24) is 4.90 Å². The number of likely N-dealkylation sites (N-methyl/N-ethyl adjacent to an activating group) is 1. The summed E-state index contributed by atoms with van der Waals surface area (Å²) in [5.41, 5.74) is 6.51. The predicted octanol–water partition coefficient (Wildman–Crippen LogP) is 0.876. The number of ether oxygens (including phenoxy) is 1. The Labute approximate surface area is 101 Å². The molecule has 0 saturated carbocycles. The number of hydrogen-bond donors (Lipinski definition) is 2. The maximum absolute atomic E-state index is 9.59. The van der Waals surface area contributed by atoms with Gasteiger partial charge >= 0.3 is 0 Å². The van der Waals surface area contributed by atoms with E-state index in [0.29, 0.717) is 18.3 Å². The first kappa shape index (κ1) is 11.6. The molecule has 92 valence electrons. The topological polar surface area (TPSA) is 71.1 Å². The highest BCUT2D eigenvalue weighted by Crippen LogP contribution is 2.36. The summed E-state index contributed by atoms with van der Waals surface area (Å²) >= 11 is 0. The third kappa shape index (κ3) is 1.67. The molecule has 0 bridgehead atoms. The largest absolute Gasteiger partial charge is 0.504 e. The summed E-state index contributed by atoms with van der Waals surface area (Å²) in [5.74, 6) is 1.12. The molecule has 1 aliphatic heterocycles. The normalized spacial score (nSPS) is 23.7. The van der Waals surface area contributed by atoms with Crippen molar-refractivity contribution < 1.29 is 9.84 Å². The summed E-state index contributed by atoms with van der Waals surface area (Å²) in [6, 6.07) is 5.31. The molecular formula is C12H17N3O2. The molecule has 0 aliphatic carbocycles. The van der Waals surface area contributed by atoms with Gasteiger partial charge in [-0.05, 0) is 24.6 Å². The minimum Gasteiger partial charge on any atom is -0.504 e. The number of methoxy groups -OCH3 is 1. The molecule has 1 heterocycles. The summed E-state index contributed by atoms with van der Waals surface area (Å²) in [4.78, 5) is 6.17. The highest BCUT2D eigenvalue weighted by atomic mass is 16.5. The number of aromatic hydroxyl groups is 1. The Kier molecular flexibility index (Phi) is 2.61. The van der Waals surface area contributed by atoms with Crippen LogP contribution in [0.1, 0.15) is 12.5 Å². The van der Waals surface area contributed by atoms with Crippen molar-refractivity contribution in [3.05, 3.63) is 23.8 Å². The van der Waals surface area contributed by atoms with Crippen LogP contribution in [-0.2, 0) is 5.54 Å². The number of nitrogens with two attached hydrogens (primary N) is 1. The molecule has 0 spiro atoms. The first-order chi connectivity index (χ1) is 7.99. The number of hydrogen-bond acceptors (Lipinski definition) is 5. The number of phenols is 1. The van der Waals surface area contributed by atoms with Gasteiger partial charge in [-0.1, -0.05) is 6.07 Å². The molecule has 0 saturated heterocycles. The van der Waals surface area contributed by atoms with Crippen molar-refractivity contribution in [3.8, 4) is 11.5 Å². The highest BCUT2D eigenvalue weighted by Gasteiger charge is 2.37. The van der Waals surface area contributed by atoms with Crippen LogP contribution in [0.15, 0.2) is 23.2 Å². The summed E-state index contributed by atoms with van der Waals surface area (Å²) in [7, 11) is 3.44. The van der Waals surface area contributed by atoms with E-state index in [1.165, 1.54) is 7.11 Å². The van der Waals surface area contributed by atoms with Crippen LogP contribution in [0.25, 0.3) is 0 Å². The van der Waals surface area contributed by atoms with Gasteiger partial charge in [0.15, 0.2) is 17.5 Å². The SMILES string of the molecule is COc1cc(C2(C)CN=C(N)N2C)ccc1O. The fourth-order valence-corrected chi connectivity index (χ4v) is 2.00. The Bertz CT molecular complexity index is 473. The lowest BCUT2D eigenvalue weighted by Gasteiger charge is -2.33. The molecule has 1 unspecified atom stereocenters. The van der Waals surface area contributed by atoms with Crippen LogP contribution in [0, 0.1) is 0 Å². The lowest BCUT2D eigenvalue weighted by Crippen LogP contribution is -2.44. The van der Waals surface area contributed by atoms with Crippen molar-refractivity contribution in [1.29, 1.82) is 0 Å². The van der Waals surface area contributed by atoms with E-state index in [9.17, 15) is 5.11 Å². The maximum Gasteiger partial charge on any atom is 0.191 e. The van der Waals surface area contributed by atoms with Crippen molar-refractivity contribution >= 4 is 5.96 Å². The van der Waals surface area contributed by atoms with E-state index in [4.69, 9.17) is 10.5 Å². The minimum atomic E-state index is -0.287. The van der Waals surface area contributed by atoms with Gasteiger partial charge in [0.2, 0.25) is 0 Å². The molecule has 1 aliphatic rings. The Morgan fingerprint density at radius 1 is 1.53 bits per heavy atom. The number of phenolic OH excluding ortho intramolecular Hbond substituents is 1. The van der Waals surface area contributed by atoms with E-state index in [1.54, 1.807) is 6.07 Å². The summed E-state index contributed by atoms with van der Waals surface area (Å²) in [6.45, 7) is 2.66. The summed E-state index contributed by atoms with van der Waals surface area (Å²) in [6.07, 6.45) is 0. The second kappa shape index (κ2) is 3.84. The number of nitrogens with zero attached hydrogens (tertiary/aromatic N) is 2. The fourth-order valence-electron chi connectivity index (χ4n) is 2.00. The Morgan fingerprint density at radius 3 is 2.76 bits per heavy atom. The van der Waals surface area contributed by atoms with Crippen LogP contribution in [0.5, 0.6) is 11.5 Å². The minimum absolute atomic E-state index is 0.134. The molecule has 1 aromatic carbocycles. The van der Waals surface area contributed by atoms with E-state index >= 15 is 0 Å². The second-order valence-corrected chi connectivity index (χ2v) is 4.39. The molecule has 2 rings (SSSR count). The zero-order valence-corrected chi connectivity index (χ0v) is 10.3. The summed E-state index contributed by atoms with van der Waals surface area (Å²) in [5, 5.41) is 9.59. The molecule has 0 fully saturated rings. The first-order valence-electron chi connectivity index (χ1n) is 5.40. The number of aliphatic imine (C=N–C) groups is 1. The van der Waals surface area contributed by atoms with Crippen molar-refractivity contribution in [3.63, 3.8) is 0 Å². The monoisotopic (exact) mass is 235 g/mol. The third-order valence-electron chi connectivity index (χ3n) is 3.43. The van der Waals surface area contributed by atoms with Gasteiger partial charge in [-0.3, -0.25) is 4.99 Å². The number of benzene rings is 1.